The van der Waals surface area contributed by atoms with Gasteiger partial charge in [0.25, 0.3) is 0 Å². The van der Waals surface area contributed by atoms with Crippen LogP contribution in [0.3, 0.4) is 0 Å². The lowest BCUT2D eigenvalue weighted by Crippen LogP contribution is -2.27. The van der Waals surface area contributed by atoms with Crippen LogP contribution in [-0.4, -0.2) is 23.9 Å². The number of hydrogen-bond donors (Lipinski definition) is 2. The molecule has 0 amide bonds. The van der Waals surface area contributed by atoms with Crippen LogP contribution in [0.15, 0.2) is 22.7 Å². The molecule has 0 bridgehead atoms. The Morgan fingerprint density at radius 1 is 1.56 bits per heavy atom. The Balaban J connectivity index is 2.17. The molecular formula is C12H16BrNO2. The predicted molar refractivity (Wildman–Crippen MR) is 67.5 cm³/mol. The molecule has 3 nitrogen and oxygen atoms in total. The Labute approximate surface area is 104 Å². The van der Waals surface area contributed by atoms with E-state index >= 15 is 0 Å². The normalized spacial score (nSPS) is 24.7. The second kappa shape index (κ2) is 5.17. The maximum atomic E-state index is 9.34. The molecule has 2 rings (SSSR count). The van der Waals surface area contributed by atoms with Crippen LogP contribution in [0.2, 0.25) is 0 Å². The summed E-state index contributed by atoms with van der Waals surface area (Å²) in [7, 11) is 0. The second-order valence-electron chi connectivity index (χ2n) is 4.04. The molecule has 1 aromatic carbocycles. The number of aliphatic hydroxyl groups is 1. The fourth-order valence-corrected chi connectivity index (χ4v) is 2.47. The minimum Gasteiger partial charge on any atom is -0.392 e. The van der Waals surface area contributed by atoms with Gasteiger partial charge in [0.05, 0.1) is 18.8 Å². The summed E-state index contributed by atoms with van der Waals surface area (Å²) in [6.45, 7) is 2.91. The van der Waals surface area contributed by atoms with E-state index in [2.05, 4.69) is 28.2 Å². The summed E-state index contributed by atoms with van der Waals surface area (Å²) in [5, 5.41) is 12.8. The fraction of sp³-hybridized carbons (Fsp3) is 0.500. The van der Waals surface area contributed by atoms with Crippen molar-refractivity contribution in [2.24, 2.45) is 0 Å². The minimum atomic E-state index is 0.0334. The largest absolute Gasteiger partial charge is 0.392 e. The van der Waals surface area contributed by atoms with Crippen molar-refractivity contribution in [3.63, 3.8) is 0 Å². The first-order chi connectivity index (χ1) is 7.72. The number of nitrogens with one attached hydrogen (secondary N) is 1. The van der Waals surface area contributed by atoms with Crippen LogP contribution in [0.5, 0.6) is 0 Å². The zero-order chi connectivity index (χ0) is 11.5. The molecule has 2 unspecified atom stereocenters. The van der Waals surface area contributed by atoms with Gasteiger partial charge in [-0.1, -0.05) is 22.0 Å². The van der Waals surface area contributed by atoms with Crippen molar-refractivity contribution in [2.45, 2.75) is 32.1 Å². The van der Waals surface area contributed by atoms with E-state index in [1.165, 1.54) is 0 Å². The van der Waals surface area contributed by atoms with E-state index in [0.717, 1.165) is 28.8 Å². The maximum absolute atomic E-state index is 9.34. The molecule has 4 heteroatoms. The highest BCUT2D eigenvalue weighted by Gasteiger charge is 2.24. The first-order valence-corrected chi connectivity index (χ1v) is 6.28. The van der Waals surface area contributed by atoms with Gasteiger partial charge in [0, 0.05) is 22.3 Å². The van der Waals surface area contributed by atoms with E-state index in [-0.39, 0.29) is 12.7 Å². The van der Waals surface area contributed by atoms with Gasteiger partial charge in [-0.15, -0.1) is 0 Å². The van der Waals surface area contributed by atoms with E-state index in [4.69, 9.17) is 4.74 Å². The highest BCUT2D eigenvalue weighted by atomic mass is 79.9. The third-order valence-corrected chi connectivity index (χ3v) is 3.74. The Hall–Kier alpha value is -0.580. The van der Waals surface area contributed by atoms with Crippen molar-refractivity contribution in [3.05, 3.63) is 28.2 Å². The molecule has 1 aliphatic heterocycles. The zero-order valence-corrected chi connectivity index (χ0v) is 10.8. The van der Waals surface area contributed by atoms with Crippen molar-refractivity contribution in [1.82, 2.24) is 0 Å². The highest BCUT2D eigenvalue weighted by molar-refractivity contribution is 9.10. The smallest absolute Gasteiger partial charge is 0.0748 e. The van der Waals surface area contributed by atoms with Crippen molar-refractivity contribution >= 4 is 21.6 Å². The van der Waals surface area contributed by atoms with Crippen molar-refractivity contribution in [3.8, 4) is 0 Å². The van der Waals surface area contributed by atoms with Gasteiger partial charge in [-0.25, -0.2) is 0 Å². The number of aliphatic hydroxyl groups excluding tert-OH is 1. The molecule has 0 aliphatic carbocycles. The molecule has 88 valence electrons. The molecule has 1 fully saturated rings. The molecule has 2 N–H and O–H groups in total. The molecule has 0 spiro atoms. The average molecular weight is 286 g/mol. The van der Waals surface area contributed by atoms with Crippen molar-refractivity contribution in [2.75, 3.05) is 11.9 Å². The average Bonchev–Trinajstić information content (AvgIpc) is 2.65. The minimum absolute atomic E-state index is 0.0334. The van der Waals surface area contributed by atoms with E-state index in [1.54, 1.807) is 0 Å². The molecule has 0 aromatic heterocycles. The van der Waals surface area contributed by atoms with Crippen LogP contribution in [0.4, 0.5) is 5.69 Å². The number of halogens is 1. The van der Waals surface area contributed by atoms with E-state index in [0.29, 0.717) is 6.04 Å². The Morgan fingerprint density at radius 2 is 2.38 bits per heavy atom. The van der Waals surface area contributed by atoms with E-state index < -0.39 is 0 Å². The Kier molecular flexibility index (Phi) is 3.84. The van der Waals surface area contributed by atoms with Gasteiger partial charge in [-0.3, -0.25) is 0 Å². The van der Waals surface area contributed by atoms with Crippen LogP contribution in [0, 0.1) is 0 Å². The molecule has 2 atom stereocenters. The summed E-state index contributed by atoms with van der Waals surface area (Å²) in [5.41, 5.74) is 1.89. The molecule has 16 heavy (non-hydrogen) atoms. The number of benzene rings is 1. The van der Waals surface area contributed by atoms with Crippen molar-refractivity contribution in [1.29, 1.82) is 0 Å². The molecule has 0 radical (unpaired) electrons. The molecule has 0 saturated carbocycles. The van der Waals surface area contributed by atoms with Crippen LogP contribution in [0.25, 0.3) is 0 Å². The highest BCUT2D eigenvalue weighted by Crippen LogP contribution is 2.27. The summed E-state index contributed by atoms with van der Waals surface area (Å²) in [6, 6.07) is 6.22. The lowest BCUT2D eigenvalue weighted by molar-refractivity contribution is 0.121. The molecule has 1 aromatic rings. The van der Waals surface area contributed by atoms with Gasteiger partial charge >= 0.3 is 0 Å². The predicted octanol–water partition coefficient (Wildman–Crippen LogP) is 2.53. The molecule has 1 aliphatic rings. The topological polar surface area (TPSA) is 41.5 Å². The zero-order valence-electron chi connectivity index (χ0n) is 9.24. The summed E-state index contributed by atoms with van der Waals surface area (Å²) in [4.78, 5) is 0. The number of ether oxygens (including phenoxy) is 1. The lowest BCUT2D eigenvalue weighted by Gasteiger charge is -2.20. The van der Waals surface area contributed by atoms with E-state index in [9.17, 15) is 5.11 Å². The number of anilines is 1. The van der Waals surface area contributed by atoms with Crippen LogP contribution in [-0.2, 0) is 11.3 Å². The summed E-state index contributed by atoms with van der Waals surface area (Å²) in [6.07, 6.45) is 1.24. The van der Waals surface area contributed by atoms with Gasteiger partial charge in [-0.2, -0.15) is 0 Å². The standard InChI is InChI=1S/C12H16BrNO2/c1-8-11(5-6-16-8)14-12-4-2-3-10(13)9(12)7-15/h2-4,8,11,14-15H,5-7H2,1H3. The third-order valence-electron chi connectivity index (χ3n) is 2.99. The van der Waals surface area contributed by atoms with Crippen LogP contribution < -0.4 is 5.32 Å². The van der Waals surface area contributed by atoms with Gasteiger partial charge in [0.1, 0.15) is 0 Å². The Morgan fingerprint density at radius 3 is 3.00 bits per heavy atom. The molecular weight excluding hydrogens is 270 g/mol. The quantitative estimate of drug-likeness (QED) is 0.897. The van der Waals surface area contributed by atoms with Gasteiger partial charge in [0.15, 0.2) is 0 Å². The third kappa shape index (κ3) is 2.39. The van der Waals surface area contributed by atoms with Gasteiger partial charge in [0.2, 0.25) is 0 Å². The molecule has 1 saturated heterocycles. The number of hydrogen-bond acceptors (Lipinski definition) is 3. The second-order valence-corrected chi connectivity index (χ2v) is 4.89. The molecule has 1 heterocycles. The monoisotopic (exact) mass is 285 g/mol. The van der Waals surface area contributed by atoms with Crippen molar-refractivity contribution < 1.29 is 9.84 Å². The first-order valence-electron chi connectivity index (χ1n) is 5.48. The summed E-state index contributed by atoms with van der Waals surface area (Å²) in [5.74, 6) is 0. The summed E-state index contributed by atoms with van der Waals surface area (Å²) < 4.78 is 6.44. The van der Waals surface area contributed by atoms with Crippen LogP contribution >= 0.6 is 15.9 Å². The van der Waals surface area contributed by atoms with E-state index in [1.807, 2.05) is 18.2 Å². The fourth-order valence-electron chi connectivity index (χ4n) is 1.98. The van der Waals surface area contributed by atoms with Gasteiger partial charge < -0.3 is 15.2 Å². The summed E-state index contributed by atoms with van der Waals surface area (Å²) >= 11 is 3.44. The Bertz CT molecular complexity index is 370. The maximum Gasteiger partial charge on any atom is 0.0748 e. The first kappa shape index (κ1) is 11.9. The lowest BCUT2D eigenvalue weighted by atomic mass is 10.1. The SMILES string of the molecule is CC1OCCC1Nc1cccc(Br)c1CO. The number of rotatable bonds is 3. The van der Waals surface area contributed by atoms with Crippen LogP contribution in [0.1, 0.15) is 18.9 Å². The van der Waals surface area contributed by atoms with Gasteiger partial charge in [-0.05, 0) is 25.5 Å².